The number of nitrogens with two attached hydrogens (primary N) is 1. The van der Waals surface area contributed by atoms with Crippen LogP contribution in [0.5, 0.6) is 0 Å². The molecule has 0 aliphatic carbocycles. The Morgan fingerprint density at radius 2 is 1.47 bits per heavy atom. The normalized spacial score (nSPS) is 10.1. The third-order valence-electron chi connectivity index (χ3n) is 4.36. The molecule has 0 saturated heterocycles. The molecule has 152 valence electrons. The van der Waals surface area contributed by atoms with Crippen LogP contribution >= 0.6 is 0 Å². The van der Waals surface area contributed by atoms with Gasteiger partial charge in [0.1, 0.15) is 0 Å². The molecule has 0 aromatic heterocycles. The Labute approximate surface area is 174 Å². The van der Waals surface area contributed by atoms with E-state index in [1.54, 1.807) is 48.5 Å². The molecule has 0 spiro atoms. The van der Waals surface area contributed by atoms with Crippen LogP contribution in [-0.2, 0) is 11.3 Å². The van der Waals surface area contributed by atoms with E-state index in [2.05, 4.69) is 16.0 Å². The van der Waals surface area contributed by atoms with E-state index >= 15 is 0 Å². The first-order chi connectivity index (χ1) is 14.5. The minimum atomic E-state index is -0.570. The summed E-state index contributed by atoms with van der Waals surface area (Å²) in [6, 6.07) is 22.9. The first-order valence-corrected chi connectivity index (χ1v) is 9.37. The number of para-hydroxylation sites is 1. The van der Waals surface area contributed by atoms with Gasteiger partial charge in [0.2, 0.25) is 5.91 Å². The minimum Gasteiger partial charge on any atom is -0.376 e. The number of primary amides is 1. The second-order valence-corrected chi connectivity index (χ2v) is 6.56. The Kier molecular flexibility index (Phi) is 6.78. The predicted octanol–water partition coefficient (Wildman–Crippen LogP) is 2.77. The highest BCUT2D eigenvalue weighted by atomic mass is 16.2. The number of hydrogen-bond donors (Lipinski definition) is 4. The lowest BCUT2D eigenvalue weighted by atomic mass is 10.1. The van der Waals surface area contributed by atoms with Gasteiger partial charge in [0.05, 0.1) is 12.1 Å². The average Bonchev–Trinajstić information content (AvgIpc) is 2.77. The molecule has 0 unspecified atom stereocenters. The number of nitrogens with one attached hydrogen (secondary N) is 3. The number of hydrogen-bond acceptors (Lipinski definition) is 4. The third kappa shape index (κ3) is 5.68. The van der Waals surface area contributed by atoms with E-state index in [4.69, 9.17) is 5.73 Å². The minimum absolute atomic E-state index is 0.0381. The molecule has 0 atom stereocenters. The van der Waals surface area contributed by atoms with Gasteiger partial charge in [-0.05, 0) is 42.0 Å². The average molecular weight is 402 g/mol. The SMILES string of the molecule is NC(=O)c1ccccc1NCC(=O)Nc1ccc(C(=O)NCc2ccccc2)cc1. The Hall–Kier alpha value is -4.13. The van der Waals surface area contributed by atoms with Gasteiger partial charge in [-0.2, -0.15) is 0 Å². The standard InChI is InChI=1S/C23H22N4O3/c24-22(29)19-8-4-5-9-20(19)25-15-21(28)27-18-12-10-17(11-13-18)23(30)26-14-16-6-2-1-3-7-16/h1-13,25H,14-15H2,(H2,24,29)(H,26,30)(H,27,28). The molecule has 0 radical (unpaired) electrons. The quantitative estimate of drug-likeness (QED) is 0.464. The second-order valence-electron chi connectivity index (χ2n) is 6.56. The Bertz CT molecular complexity index is 1030. The first kappa shape index (κ1) is 20.6. The molecule has 3 rings (SSSR count). The number of carbonyl (C=O) groups is 3. The number of anilines is 2. The van der Waals surface area contributed by atoms with Crippen LogP contribution in [-0.4, -0.2) is 24.3 Å². The van der Waals surface area contributed by atoms with Crippen molar-refractivity contribution in [3.05, 3.63) is 95.6 Å². The van der Waals surface area contributed by atoms with Crippen molar-refractivity contribution in [1.82, 2.24) is 5.32 Å². The molecule has 0 bridgehead atoms. The van der Waals surface area contributed by atoms with Crippen molar-refractivity contribution in [2.45, 2.75) is 6.54 Å². The third-order valence-corrected chi connectivity index (χ3v) is 4.36. The van der Waals surface area contributed by atoms with Crippen LogP contribution in [0.4, 0.5) is 11.4 Å². The highest BCUT2D eigenvalue weighted by Crippen LogP contribution is 2.14. The Balaban J connectivity index is 1.51. The maximum absolute atomic E-state index is 12.3. The molecular formula is C23H22N4O3. The van der Waals surface area contributed by atoms with Crippen molar-refractivity contribution in [3.8, 4) is 0 Å². The zero-order chi connectivity index (χ0) is 21.3. The fourth-order valence-electron chi connectivity index (χ4n) is 2.82. The van der Waals surface area contributed by atoms with Crippen LogP contribution in [0.2, 0.25) is 0 Å². The monoisotopic (exact) mass is 402 g/mol. The fourth-order valence-corrected chi connectivity index (χ4v) is 2.82. The molecule has 0 aliphatic rings. The van der Waals surface area contributed by atoms with E-state index in [1.807, 2.05) is 30.3 Å². The summed E-state index contributed by atoms with van der Waals surface area (Å²) in [5.74, 6) is -1.06. The van der Waals surface area contributed by atoms with Gasteiger partial charge in [0.15, 0.2) is 0 Å². The lowest BCUT2D eigenvalue weighted by Crippen LogP contribution is -2.24. The van der Waals surface area contributed by atoms with Gasteiger partial charge in [-0.3, -0.25) is 14.4 Å². The van der Waals surface area contributed by atoms with Crippen LogP contribution in [0.25, 0.3) is 0 Å². The molecule has 3 amide bonds. The number of benzene rings is 3. The van der Waals surface area contributed by atoms with Crippen molar-refractivity contribution in [3.63, 3.8) is 0 Å². The molecule has 7 nitrogen and oxygen atoms in total. The lowest BCUT2D eigenvalue weighted by molar-refractivity contribution is -0.114. The van der Waals surface area contributed by atoms with E-state index in [-0.39, 0.29) is 18.4 Å². The van der Waals surface area contributed by atoms with Gasteiger partial charge in [-0.15, -0.1) is 0 Å². The highest BCUT2D eigenvalue weighted by Gasteiger charge is 2.10. The van der Waals surface area contributed by atoms with Crippen LogP contribution in [0.15, 0.2) is 78.9 Å². The van der Waals surface area contributed by atoms with E-state index in [1.165, 1.54) is 0 Å². The van der Waals surface area contributed by atoms with Crippen LogP contribution in [0.1, 0.15) is 26.3 Å². The van der Waals surface area contributed by atoms with E-state index in [9.17, 15) is 14.4 Å². The summed E-state index contributed by atoms with van der Waals surface area (Å²) in [4.78, 5) is 35.8. The second kappa shape index (κ2) is 9.88. The molecule has 0 heterocycles. The van der Waals surface area contributed by atoms with E-state index in [0.717, 1.165) is 5.56 Å². The van der Waals surface area contributed by atoms with Gasteiger partial charge >= 0.3 is 0 Å². The lowest BCUT2D eigenvalue weighted by Gasteiger charge is -2.11. The summed E-state index contributed by atoms with van der Waals surface area (Å²) in [5, 5.41) is 8.49. The molecule has 3 aromatic carbocycles. The van der Waals surface area contributed by atoms with Crippen molar-refractivity contribution in [2.24, 2.45) is 5.73 Å². The topological polar surface area (TPSA) is 113 Å². The van der Waals surface area contributed by atoms with Gasteiger partial charge in [-0.1, -0.05) is 42.5 Å². The molecule has 0 aliphatic heterocycles. The number of rotatable bonds is 8. The zero-order valence-corrected chi connectivity index (χ0v) is 16.2. The smallest absolute Gasteiger partial charge is 0.251 e. The van der Waals surface area contributed by atoms with Gasteiger partial charge in [-0.25, -0.2) is 0 Å². The fraction of sp³-hybridized carbons (Fsp3) is 0.0870. The summed E-state index contributed by atoms with van der Waals surface area (Å²) in [7, 11) is 0. The summed E-state index contributed by atoms with van der Waals surface area (Å²) >= 11 is 0. The van der Waals surface area contributed by atoms with E-state index < -0.39 is 5.91 Å². The Morgan fingerprint density at radius 3 is 2.17 bits per heavy atom. The summed E-state index contributed by atoms with van der Waals surface area (Å²) in [5.41, 5.74) is 8.20. The highest BCUT2D eigenvalue weighted by molar-refractivity contribution is 6.00. The van der Waals surface area contributed by atoms with Crippen LogP contribution in [0.3, 0.4) is 0 Å². The Morgan fingerprint density at radius 1 is 0.800 bits per heavy atom. The number of amides is 3. The van der Waals surface area contributed by atoms with Crippen molar-refractivity contribution in [2.75, 3.05) is 17.2 Å². The molecule has 3 aromatic rings. The molecule has 0 saturated carbocycles. The van der Waals surface area contributed by atoms with Gasteiger partial charge < -0.3 is 21.7 Å². The maximum Gasteiger partial charge on any atom is 0.251 e. The summed E-state index contributed by atoms with van der Waals surface area (Å²) < 4.78 is 0. The van der Waals surface area contributed by atoms with Gasteiger partial charge in [0.25, 0.3) is 11.8 Å². The molecular weight excluding hydrogens is 380 g/mol. The number of carbonyl (C=O) groups excluding carboxylic acids is 3. The summed E-state index contributed by atoms with van der Waals surface area (Å²) in [6.07, 6.45) is 0. The van der Waals surface area contributed by atoms with E-state index in [0.29, 0.717) is 29.0 Å². The zero-order valence-electron chi connectivity index (χ0n) is 16.2. The molecule has 30 heavy (non-hydrogen) atoms. The van der Waals surface area contributed by atoms with Crippen molar-refractivity contribution >= 4 is 29.1 Å². The first-order valence-electron chi connectivity index (χ1n) is 9.37. The molecule has 5 N–H and O–H groups in total. The van der Waals surface area contributed by atoms with Crippen molar-refractivity contribution in [1.29, 1.82) is 0 Å². The largest absolute Gasteiger partial charge is 0.376 e. The van der Waals surface area contributed by atoms with Crippen molar-refractivity contribution < 1.29 is 14.4 Å². The molecule has 0 fully saturated rings. The summed E-state index contributed by atoms with van der Waals surface area (Å²) in [6.45, 7) is 0.403. The van der Waals surface area contributed by atoms with Crippen LogP contribution in [0, 0.1) is 0 Å². The maximum atomic E-state index is 12.3. The van der Waals surface area contributed by atoms with Gasteiger partial charge in [0, 0.05) is 23.5 Å². The molecule has 7 heteroatoms. The predicted molar refractivity (Wildman–Crippen MR) is 116 cm³/mol. The van der Waals surface area contributed by atoms with Crippen LogP contribution < -0.4 is 21.7 Å².